The largest absolute Gasteiger partial charge is 0.493 e. The van der Waals surface area contributed by atoms with Crippen LogP contribution in [-0.4, -0.2) is 93.7 Å². The molecule has 2 aliphatic rings. The smallest absolute Gasteiger partial charge is 0.252 e. The molecular formula is C27H39N7O5. The van der Waals surface area contributed by atoms with Crippen molar-refractivity contribution in [3.63, 3.8) is 0 Å². The Labute approximate surface area is 228 Å². The van der Waals surface area contributed by atoms with Crippen LogP contribution in [0, 0.1) is 6.92 Å². The minimum Gasteiger partial charge on any atom is -0.493 e. The van der Waals surface area contributed by atoms with Gasteiger partial charge in [0.2, 0.25) is 11.8 Å². The van der Waals surface area contributed by atoms with Crippen LogP contribution in [0.4, 0.5) is 0 Å². The fourth-order valence-electron chi connectivity index (χ4n) is 4.79. The first-order valence-corrected chi connectivity index (χ1v) is 13.7. The van der Waals surface area contributed by atoms with E-state index in [0.717, 1.165) is 37.1 Å². The highest BCUT2D eigenvalue weighted by Crippen LogP contribution is 2.20. The van der Waals surface area contributed by atoms with E-state index in [0.29, 0.717) is 43.9 Å². The predicted molar refractivity (Wildman–Crippen MR) is 143 cm³/mol. The molecule has 0 aliphatic carbocycles. The van der Waals surface area contributed by atoms with E-state index in [1.807, 2.05) is 13.1 Å². The zero-order valence-corrected chi connectivity index (χ0v) is 22.7. The Kier molecular flexibility index (Phi) is 9.88. The lowest BCUT2D eigenvalue weighted by Gasteiger charge is -2.30. The molecule has 1 fully saturated rings. The first-order valence-electron chi connectivity index (χ1n) is 13.7. The molecule has 12 nitrogen and oxygen atoms in total. The highest BCUT2D eigenvalue weighted by atomic mass is 16.5. The Balaban J connectivity index is 1.52. The second-order valence-corrected chi connectivity index (χ2v) is 10.2. The van der Waals surface area contributed by atoms with Gasteiger partial charge in [-0.15, -0.1) is 5.10 Å². The van der Waals surface area contributed by atoms with Gasteiger partial charge >= 0.3 is 0 Å². The molecule has 12 heteroatoms. The van der Waals surface area contributed by atoms with Crippen LogP contribution in [0.3, 0.4) is 0 Å². The van der Waals surface area contributed by atoms with Crippen molar-refractivity contribution < 1.29 is 24.2 Å². The van der Waals surface area contributed by atoms with Crippen LogP contribution >= 0.6 is 0 Å². The number of benzene rings is 1. The number of hydrogen-bond donors (Lipinski definition) is 4. The van der Waals surface area contributed by atoms with Crippen molar-refractivity contribution in [3.05, 3.63) is 41.2 Å². The molecule has 1 aromatic heterocycles. The van der Waals surface area contributed by atoms with Gasteiger partial charge in [0.1, 0.15) is 11.8 Å². The molecule has 1 saturated heterocycles. The van der Waals surface area contributed by atoms with Crippen LogP contribution in [0.15, 0.2) is 24.4 Å². The lowest BCUT2D eigenvalue weighted by molar-refractivity contribution is -0.134. The van der Waals surface area contributed by atoms with Crippen LogP contribution in [0.1, 0.15) is 54.2 Å². The van der Waals surface area contributed by atoms with Gasteiger partial charge in [-0.3, -0.25) is 19.1 Å². The summed E-state index contributed by atoms with van der Waals surface area (Å²) in [6.07, 6.45) is 4.78. The second-order valence-electron chi connectivity index (χ2n) is 10.2. The molecule has 212 valence electrons. The maximum absolute atomic E-state index is 13.3. The maximum Gasteiger partial charge on any atom is 0.252 e. The standard InChI is InChI=1S/C27H39N7O5/c1-18-7-8-20-16-23(18)39-15-5-12-34-17-21(31-32-34)9-13-33(27(38)22-6-3-4-10-28-22)14-11-29-26(37)24(19(2)35)30-25(20)36/h7-8,16-17,19,22,24,28,35H,3-6,9-15H2,1-2H3,(H,29,37)(H,30,36)/t19-,22+,24+/m1/s1. The summed E-state index contributed by atoms with van der Waals surface area (Å²) in [6.45, 7) is 6.06. The van der Waals surface area contributed by atoms with Gasteiger partial charge < -0.3 is 30.7 Å². The zero-order chi connectivity index (χ0) is 27.8. The Bertz CT molecular complexity index is 1150. The lowest BCUT2D eigenvalue weighted by atomic mass is 10.0. The molecule has 4 rings (SSSR count). The number of aryl methyl sites for hydroxylation is 2. The Hall–Kier alpha value is -3.51. The summed E-state index contributed by atoms with van der Waals surface area (Å²) in [6, 6.07) is 3.66. The molecule has 3 heterocycles. The molecule has 3 amide bonds. The number of carbonyl (C=O) groups excluding carboxylic acids is 3. The normalized spacial score (nSPS) is 22.7. The molecule has 2 aliphatic heterocycles. The summed E-state index contributed by atoms with van der Waals surface area (Å²) in [5.41, 5.74) is 1.98. The molecule has 0 spiro atoms. The van der Waals surface area contributed by atoms with Crippen LogP contribution in [0.5, 0.6) is 5.75 Å². The van der Waals surface area contributed by atoms with Gasteiger partial charge in [-0.25, -0.2) is 0 Å². The van der Waals surface area contributed by atoms with E-state index in [-0.39, 0.29) is 25.0 Å². The fourth-order valence-corrected chi connectivity index (χ4v) is 4.79. The number of ether oxygens (including phenoxy) is 1. The number of hydrogen-bond acceptors (Lipinski definition) is 8. The topological polar surface area (TPSA) is 151 Å². The third kappa shape index (κ3) is 7.76. The average molecular weight is 542 g/mol. The SMILES string of the molecule is Cc1ccc2cc1OCCCn1cc(nn1)CCN(C(=O)[C@@H]1CCCCN1)CCNC(=O)[C@H]([C@@H](C)O)NC2=O. The molecule has 39 heavy (non-hydrogen) atoms. The Morgan fingerprint density at radius 3 is 2.77 bits per heavy atom. The van der Waals surface area contributed by atoms with Crippen LogP contribution < -0.4 is 20.7 Å². The highest BCUT2D eigenvalue weighted by molar-refractivity contribution is 5.98. The van der Waals surface area contributed by atoms with Crippen molar-refractivity contribution in [2.45, 2.75) is 70.7 Å². The summed E-state index contributed by atoms with van der Waals surface area (Å²) >= 11 is 0. The van der Waals surface area contributed by atoms with Gasteiger partial charge in [0.15, 0.2) is 0 Å². The minimum absolute atomic E-state index is 0.00816. The number of fused-ring (bicyclic) bond motifs is 4. The lowest BCUT2D eigenvalue weighted by Crippen LogP contribution is -2.54. The quantitative estimate of drug-likeness (QED) is 0.420. The molecule has 3 atom stereocenters. The van der Waals surface area contributed by atoms with Crippen molar-refractivity contribution in [3.8, 4) is 5.75 Å². The number of carbonyl (C=O) groups is 3. The number of aliphatic hydroxyl groups excluding tert-OH is 1. The van der Waals surface area contributed by atoms with Crippen molar-refractivity contribution in [1.29, 1.82) is 0 Å². The number of nitrogens with zero attached hydrogens (tertiary/aromatic N) is 4. The number of amides is 3. The number of nitrogens with one attached hydrogen (secondary N) is 3. The average Bonchev–Trinajstić information content (AvgIpc) is 3.39. The minimum atomic E-state index is -1.16. The fraction of sp³-hybridized carbons (Fsp3) is 0.593. The third-order valence-electron chi connectivity index (χ3n) is 7.12. The molecule has 4 N–H and O–H groups in total. The summed E-state index contributed by atoms with van der Waals surface area (Å²) in [7, 11) is 0. The van der Waals surface area contributed by atoms with Gasteiger partial charge in [0.25, 0.3) is 5.91 Å². The Morgan fingerprint density at radius 2 is 2.00 bits per heavy atom. The molecule has 0 radical (unpaired) electrons. The third-order valence-corrected chi connectivity index (χ3v) is 7.12. The van der Waals surface area contributed by atoms with Crippen LogP contribution in [0.25, 0.3) is 0 Å². The van der Waals surface area contributed by atoms with E-state index in [1.54, 1.807) is 27.8 Å². The van der Waals surface area contributed by atoms with Crippen LogP contribution in [-0.2, 0) is 22.6 Å². The van der Waals surface area contributed by atoms with Gasteiger partial charge in [-0.1, -0.05) is 17.7 Å². The van der Waals surface area contributed by atoms with E-state index in [2.05, 4.69) is 26.3 Å². The molecule has 4 bridgehead atoms. The highest BCUT2D eigenvalue weighted by Gasteiger charge is 2.28. The summed E-state index contributed by atoms with van der Waals surface area (Å²) in [5, 5.41) is 27.5. The second kappa shape index (κ2) is 13.5. The van der Waals surface area contributed by atoms with E-state index >= 15 is 0 Å². The first-order chi connectivity index (χ1) is 18.8. The number of aromatic nitrogens is 3. The Morgan fingerprint density at radius 1 is 1.15 bits per heavy atom. The maximum atomic E-state index is 13.3. The number of piperidine rings is 1. The van der Waals surface area contributed by atoms with Crippen molar-refractivity contribution in [1.82, 2.24) is 35.8 Å². The summed E-state index contributed by atoms with van der Waals surface area (Å²) in [4.78, 5) is 41.0. The van der Waals surface area contributed by atoms with Crippen molar-refractivity contribution >= 4 is 17.7 Å². The van der Waals surface area contributed by atoms with E-state index in [4.69, 9.17) is 4.74 Å². The predicted octanol–water partition coefficient (Wildman–Crippen LogP) is 0.178. The van der Waals surface area contributed by atoms with Gasteiger partial charge in [0, 0.05) is 50.8 Å². The first kappa shape index (κ1) is 28.5. The summed E-state index contributed by atoms with van der Waals surface area (Å²) < 4.78 is 7.69. The molecule has 2 aromatic rings. The molecule has 0 saturated carbocycles. The molecule has 0 unspecified atom stereocenters. The van der Waals surface area contributed by atoms with E-state index in [1.165, 1.54) is 6.92 Å². The summed E-state index contributed by atoms with van der Waals surface area (Å²) in [5.74, 6) is -0.453. The number of rotatable bonds is 2. The van der Waals surface area contributed by atoms with Gasteiger partial charge in [-0.2, -0.15) is 0 Å². The van der Waals surface area contributed by atoms with Crippen molar-refractivity contribution in [2.75, 3.05) is 32.8 Å². The number of aliphatic hydroxyl groups is 1. The molecule has 1 aromatic carbocycles. The van der Waals surface area contributed by atoms with Crippen LogP contribution in [0.2, 0.25) is 0 Å². The monoisotopic (exact) mass is 541 g/mol. The van der Waals surface area contributed by atoms with Gasteiger partial charge in [-0.05, 0) is 50.9 Å². The van der Waals surface area contributed by atoms with Gasteiger partial charge in [0.05, 0.1) is 24.4 Å². The molecular weight excluding hydrogens is 502 g/mol. The van der Waals surface area contributed by atoms with Crippen molar-refractivity contribution in [2.24, 2.45) is 0 Å². The zero-order valence-electron chi connectivity index (χ0n) is 22.7. The van der Waals surface area contributed by atoms with E-state index in [9.17, 15) is 19.5 Å². The van der Waals surface area contributed by atoms with E-state index < -0.39 is 24.0 Å².